The second-order valence-electron chi connectivity index (χ2n) is 4.30. The smallest absolute Gasteiger partial charge is 0.101 e. The fourth-order valence-electron chi connectivity index (χ4n) is 2.16. The van der Waals surface area contributed by atoms with E-state index in [1.54, 1.807) is 17.1 Å². The molecule has 1 aromatic heterocycles. The molecule has 0 bridgehead atoms. The van der Waals surface area contributed by atoms with Gasteiger partial charge in [-0.15, -0.1) is 0 Å². The Bertz CT molecular complexity index is 603. The molecule has 1 aliphatic rings. The van der Waals surface area contributed by atoms with Crippen LogP contribution in [0.4, 0.5) is 0 Å². The van der Waals surface area contributed by atoms with Gasteiger partial charge < -0.3 is 10.3 Å². The monoisotopic (exact) mass is 289 g/mol. The van der Waals surface area contributed by atoms with Crippen LogP contribution in [0, 0.1) is 11.3 Å². The van der Waals surface area contributed by atoms with Crippen LogP contribution in [0.2, 0.25) is 0 Å². The molecule has 0 saturated heterocycles. The van der Waals surface area contributed by atoms with Gasteiger partial charge in [0, 0.05) is 23.4 Å². The number of thioether (sulfide) groups is 1. The number of aromatic nitrogens is 1. The molecule has 1 aliphatic heterocycles. The van der Waals surface area contributed by atoms with Gasteiger partial charge in [-0.3, -0.25) is 0 Å². The van der Waals surface area contributed by atoms with Crippen molar-refractivity contribution >= 4 is 34.3 Å². The van der Waals surface area contributed by atoms with E-state index in [1.165, 1.54) is 5.57 Å². The standard InChI is InChI=1S/C14H15N3S2/c1-10-3-2-6-19-14(10)13-11(8-16)7-12(9-18)17(13)5-4-15/h2,6-7,9H,3-5,15H2,1H3. The van der Waals surface area contributed by atoms with Crippen molar-refractivity contribution in [2.45, 2.75) is 19.9 Å². The maximum atomic E-state index is 9.34. The lowest BCUT2D eigenvalue weighted by Crippen LogP contribution is -2.14. The van der Waals surface area contributed by atoms with Crippen LogP contribution in [-0.4, -0.2) is 16.5 Å². The van der Waals surface area contributed by atoms with Crippen LogP contribution in [0.3, 0.4) is 0 Å². The topological polar surface area (TPSA) is 54.7 Å². The number of allylic oxidation sites excluding steroid dienone is 2. The third-order valence-corrected chi connectivity index (χ3v) is 4.38. The lowest BCUT2D eigenvalue weighted by molar-refractivity contribution is 0.702. The van der Waals surface area contributed by atoms with Gasteiger partial charge in [0.2, 0.25) is 0 Å². The predicted octanol–water partition coefficient (Wildman–Crippen LogP) is 3.05. The molecule has 0 aromatic carbocycles. The first kappa shape index (κ1) is 14.1. The summed E-state index contributed by atoms with van der Waals surface area (Å²) in [5, 5.41) is 13.0. The Labute approximate surface area is 122 Å². The molecule has 0 atom stereocenters. The summed E-state index contributed by atoms with van der Waals surface area (Å²) in [6.07, 6.45) is 3.06. The molecule has 2 heterocycles. The SMILES string of the molecule is CC1=C(c2c(C#N)cc(C=S)n2CCN)SC=CC1. The Morgan fingerprint density at radius 3 is 3.00 bits per heavy atom. The fraction of sp³-hybridized carbons (Fsp3) is 0.286. The van der Waals surface area contributed by atoms with Crippen molar-refractivity contribution in [3.8, 4) is 6.07 Å². The summed E-state index contributed by atoms with van der Waals surface area (Å²) >= 11 is 6.70. The predicted molar refractivity (Wildman–Crippen MR) is 84.9 cm³/mol. The van der Waals surface area contributed by atoms with Gasteiger partial charge in [0.1, 0.15) is 6.07 Å². The zero-order valence-electron chi connectivity index (χ0n) is 10.7. The molecule has 0 spiro atoms. The summed E-state index contributed by atoms with van der Waals surface area (Å²) in [5.74, 6) is 0. The van der Waals surface area contributed by atoms with Gasteiger partial charge >= 0.3 is 0 Å². The second-order valence-corrected chi connectivity index (χ2v) is 5.46. The highest BCUT2D eigenvalue weighted by molar-refractivity contribution is 8.11. The van der Waals surface area contributed by atoms with Gasteiger partial charge in [-0.25, -0.2) is 0 Å². The molecular formula is C14H15N3S2. The maximum Gasteiger partial charge on any atom is 0.101 e. The number of nitrogens with zero attached hydrogens (tertiary/aromatic N) is 2. The number of hydrogen-bond donors (Lipinski definition) is 1. The van der Waals surface area contributed by atoms with Crippen LogP contribution in [0.5, 0.6) is 0 Å². The van der Waals surface area contributed by atoms with Gasteiger partial charge in [-0.1, -0.05) is 35.6 Å². The van der Waals surface area contributed by atoms with E-state index in [4.69, 9.17) is 18.0 Å². The summed E-state index contributed by atoms with van der Waals surface area (Å²) in [6, 6.07) is 4.11. The summed E-state index contributed by atoms with van der Waals surface area (Å²) < 4.78 is 2.05. The van der Waals surface area contributed by atoms with Gasteiger partial charge in [-0.05, 0) is 24.8 Å². The molecule has 3 nitrogen and oxygen atoms in total. The Balaban J connectivity index is 2.63. The maximum absolute atomic E-state index is 9.34. The fourth-order valence-corrected chi connectivity index (χ4v) is 3.30. The van der Waals surface area contributed by atoms with E-state index in [9.17, 15) is 5.26 Å². The van der Waals surface area contributed by atoms with Crippen LogP contribution in [-0.2, 0) is 6.54 Å². The first-order chi connectivity index (χ1) is 9.22. The Kier molecular flexibility index (Phi) is 4.59. The zero-order chi connectivity index (χ0) is 13.8. The molecule has 0 radical (unpaired) electrons. The van der Waals surface area contributed by atoms with Crippen molar-refractivity contribution in [3.63, 3.8) is 0 Å². The highest BCUT2D eigenvalue weighted by Crippen LogP contribution is 2.38. The average Bonchev–Trinajstić information content (AvgIpc) is 2.78. The molecule has 19 heavy (non-hydrogen) atoms. The van der Waals surface area contributed by atoms with E-state index in [1.807, 2.05) is 6.07 Å². The Morgan fingerprint density at radius 1 is 1.63 bits per heavy atom. The lowest BCUT2D eigenvalue weighted by atomic mass is 10.1. The van der Waals surface area contributed by atoms with Crippen LogP contribution < -0.4 is 5.73 Å². The Hall–Kier alpha value is -1.35. The Morgan fingerprint density at radius 2 is 2.42 bits per heavy atom. The molecule has 98 valence electrons. The highest BCUT2D eigenvalue weighted by atomic mass is 32.2. The van der Waals surface area contributed by atoms with E-state index < -0.39 is 0 Å². The van der Waals surface area contributed by atoms with Gasteiger partial charge in [0.25, 0.3) is 0 Å². The summed E-state index contributed by atoms with van der Waals surface area (Å²) in [5.41, 5.74) is 9.45. The van der Waals surface area contributed by atoms with Crippen molar-refractivity contribution in [2.75, 3.05) is 6.54 Å². The van der Waals surface area contributed by atoms with E-state index in [-0.39, 0.29) is 0 Å². The van der Waals surface area contributed by atoms with Crippen LogP contribution in [0.25, 0.3) is 4.91 Å². The van der Waals surface area contributed by atoms with Crippen molar-refractivity contribution in [2.24, 2.45) is 5.73 Å². The zero-order valence-corrected chi connectivity index (χ0v) is 12.4. The third kappa shape index (κ3) is 2.66. The molecule has 5 heteroatoms. The van der Waals surface area contributed by atoms with Crippen LogP contribution in [0.15, 0.2) is 23.1 Å². The quantitative estimate of drug-likeness (QED) is 0.866. The van der Waals surface area contributed by atoms with Gasteiger partial charge in [-0.2, -0.15) is 5.26 Å². The lowest BCUT2D eigenvalue weighted by Gasteiger charge is -2.17. The molecule has 0 aliphatic carbocycles. The molecular weight excluding hydrogens is 274 g/mol. The molecule has 0 saturated carbocycles. The van der Waals surface area contributed by atoms with E-state index in [2.05, 4.69) is 29.0 Å². The summed E-state index contributed by atoms with van der Waals surface area (Å²) in [4.78, 5) is 1.15. The summed E-state index contributed by atoms with van der Waals surface area (Å²) in [6.45, 7) is 3.29. The van der Waals surface area contributed by atoms with Crippen molar-refractivity contribution < 1.29 is 0 Å². The van der Waals surface area contributed by atoms with E-state index >= 15 is 0 Å². The van der Waals surface area contributed by atoms with E-state index in [0.29, 0.717) is 18.7 Å². The van der Waals surface area contributed by atoms with Crippen LogP contribution in [0.1, 0.15) is 30.3 Å². The van der Waals surface area contributed by atoms with Crippen molar-refractivity contribution in [1.29, 1.82) is 5.26 Å². The largest absolute Gasteiger partial charge is 0.337 e. The number of nitrogens with two attached hydrogens (primary N) is 1. The molecule has 2 N–H and O–H groups in total. The number of rotatable bonds is 4. The molecule has 2 rings (SSSR count). The molecule has 0 fully saturated rings. The minimum Gasteiger partial charge on any atom is -0.337 e. The number of thiocarbonyl (C=S) groups is 1. The number of hydrogen-bond acceptors (Lipinski definition) is 4. The van der Waals surface area contributed by atoms with Crippen molar-refractivity contribution in [1.82, 2.24) is 4.57 Å². The van der Waals surface area contributed by atoms with Crippen molar-refractivity contribution in [3.05, 3.63) is 40.1 Å². The molecule has 1 aromatic rings. The third-order valence-electron chi connectivity index (χ3n) is 3.03. The normalized spacial score (nSPS) is 14.6. The molecule has 0 amide bonds. The van der Waals surface area contributed by atoms with E-state index in [0.717, 1.165) is 22.7 Å². The molecule has 0 unspecified atom stereocenters. The number of nitriles is 1. The average molecular weight is 289 g/mol. The first-order valence-corrected chi connectivity index (χ1v) is 7.38. The van der Waals surface area contributed by atoms with Crippen LogP contribution >= 0.6 is 24.0 Å². The minimum atomic E-state index is 0.523. The summed E-state index contributed by atoms with van der Waals surface area (Å²) in [7, 11) is 0. The first-order valence-electron chi connectivity index (χ1n) is 6.03. The van der Waals surface area contributed by atoms with Gasteiger partial charge in [0.15, 0.2) is 0 Å². The van der Waals surface area contributed by atoms with Gasteiger partial charge in [0.05, 0.1) is 17.0 Å². The minimum absolute atomic E-state index is 0.523. The highest BCUT2D eigenvalue weighted by Gasteiger charge is 2.20. The second kappa shape index (κ2) is 6.20.